The van der Waals surface area contributed by atoms with Gasteiger partial charge in [-0.25, -0.2) is 4.39 Å². The summed E-state index contributed by atoms with van der Waals surface area (Å²) in [4.78, 5) is 13.8. The average Bonchev–Trinajstić information content (AvgIpc) is 2.39. The molecule has 0 spiro atoms. The molecule has 1 aromatic rings. The van der Waals surface area contributed by atoms with Crippen LogP contribution < -0.4 is 11.1 Å². The number of carbonyl (C=O) groups excluding carboxylic acids is 1. The van der Waals surface area contributed by atoms with Gasteiger partial charge in [0, 0.05) is 12.1 Å². The first-order valence-corrected chi connectivity index (χ1v) is 7.35. The van der Waals surface area contributed by atoms with E-state index in [2.05, 4.69) is 5.32 Å². The van der Waals surface area contributed by atoms with E-state index in [1.165, 1.54) is 12.1 Å². The average molecular weight is 295 g/mol. The predicted octanol–water partition coefficient (Wildman–Crippen LogP) is 2.06. The molecular formula is C16H26FN3O. The topological polar surface area (TPSA) is 58.4 Å². The van der Waals surface area contributed by atoms with Crippen LogP contribution in [-0.2, 0) is 4.79 Å². The summed E-state index contributed by atoms with van der Waals surface area (Å²) in [5.41, 5.74) is 7.12. The standard InChI is InChI=1S/C16H26FN3O/c1-5-14(18)16(12-6-8-13(17)9-7-12)20(4)10-15(21)19-11(2)3/h6-9,11,14,16H,5,10,18H2,1-4H3,(H,19,21). The second-order valence-corrected chi connectivity index (χ2v) is 5.71. The Labute approximate surface area is 126 Å². The number of rotatable bonds is 7. The third-order valence-electron chi connectivity index (χ3n) is 3.41. The van der Waals surface area contributed by atoms with Gasteiger partial charge >= 0.3 is 0 Å². The molecule has 0 aromatic heterocycles. The van der Waals surface area contributed by atoms with Crippen LogP contribution in [0, 0.1) is 5.82 Å². The van der Waals surface area contributed by atoms with E-state index in [9.17, 15) is 9.18 Å². The number of amides is 1. The van der Waals surface area contributed by atoms with E-state index in [0.29, 0.717) is 0 Å². The monoisotopic (exact) mass is 295 g/mol. The van der Waals surface area contributed by atoms with Gasteiger partial charge in [-0.1, -0.05) is 19.1 Å². The molecule has 2 atom stereocenters. The van der Waals surface area contributed by atoms with Crippen molar-refractivity contribution in [2.75, 3.05) is 13.6 Å². The Morgan fingerprint density at radius 1 is 1.33 bits per heavy atom. The first kappa shape index (κ1) is 17.6. The van der Waals surface area contributed by atoms with Crippen LogP contribution in [0.5, 0.6) is 0 Å². The minimum Gasteiger partial charge on any atom is -0.353 e. The maximum Gasteiger partial charge on any atom is 0.234 e. The molecule has 21 heavy (non-hydrogen) atoms. The molecule has 0 aliphatic rings. The van der Waals surface area contributed by atoms with Crippen molar-refractivity contribution in [3.05, 3.63) is 35.6 Å². The molecule has 4 nitrogen and oxygen atoms in total. The third-order valence-corrected chi connectivity index (χ3v) is 3.41. The number of nitrogens with two attached hydrogens (primary N) is 1. The molecule has 0 fully saturated rings. The Hall–Kier alpha value is -1.46. The Bertz CT molecular complexity index is 447. The Balaban J connectivity index is 2.87. The lowest BCUT2D eigenvalue weighted by molar-refractivity contribution is -0.123. The van der Waals surface area contributed by atoms with E-state index in [1.54, 1.807) is 12.1 Å². The van der Waals surface area contributed by atoms with Crippen LogP contribution in [0.2, 0.25) is 0 Å². The smallest absolute Gasteiger partial charge is 0.234 e. The number of hydrogen-bond acceptors (Lipinski definition) is 3. The van der Waals surface area contributed by atoms with Crippen LogP contribution in [0.25, 0.3) is 0 Å². The summed E-state index contributed by atoms with van der Waals surface area (Å²) in [5, 5.41) is 2.86. The molecule has 118 valence electrons. The van der Waals surface area contributed by atoms with Crippen molar-refractivity contribution in [3.63, 3.8) is 0 Å². The lowest BCUT2D eigenvalue weighted by atomic mass is 9.96. The molecule has 0 saturated heterocycles. The van der Waals surface area contributed by atoms with Crippen LogP contribution >= 0.6 is 0 Å². The Kier molecular flexibility index (Phi) is 6.78. The lowest BCUT2D eigenvalue weighted by Crippen LogP contribution is -2.44. The SMILES string of the molecule is CCC(N)C(c1ccc(F)cc1)N(C)CC(=O)NC(C)C. The summed E-state index contributed by atoms with van der Waals surface area (Å²) in [6, 6.07) is 6.17. The predicted molar refractivity (Wildman–Crippen MR) is 83.3 cm³/mol. The summed E-state index contributed by atoms with van der Waals surface area (Å²) in [5.74, 6) is -0.314. The quantitative estimate of drug-likeness (QED) is 0.809. The van der Waals surface area contributed by atoms with E-state index in [-0.39, 0.29) is 36.4 Å². The minimum absolute atomic E-state index is 0.0390. The summed E-state index contributed by atoms with van der Waals surface area (Å²) in [6.45, 7) is 6.11. The Morgan fingerprint density at radius 3 is 2.38 bits per heavy atom. The summed E-state index contributed by atoms with van der Waals surface area (Å²) in [6.07, 6.45) is 0.776. The minimum atomic E-state index is -0.275. The van der Waals surface area contributed by atoms with Crippen LogP contribution in [0.15, 0.2) is 24.3 Å². The van der Waals surface area contributed by atoms with Gasteiger partial charge in [-0.3, -0.25) is 9.69 Å². The molecule has 1 amide bonds. The van der Waals surface area contributed by atoms with Gasteiger partial charge in [0.05, 0.1) is 12.6 Å². The van der Waals surface area contributed by atoms with Gasteiger partial charge in [-0.05, 0) is 45.0 Å². The van der Waals surface area contributed by atoms with Gasteiger partial charge in [0.1, 0.15) is 5.82 Å². The maximum absolute atomic E-state index is 13.1. The molecule has 0 radical (unpaired) electrons. The van der Waals surface area contributed by atoms with Gasteiger partial charge < -0.3 is 11.1 Å². The fraction of sp³-hybridized carbons (Fsp3) is 0.562. The van der Waals surface area contributed by atoms with Crippen LogP contribution in [-0.4, -0.2) is 36.5 Å². The normalized spacial score (nSPS) is 14.3. The molecule has 0 heterocycles. The molecule has 0 aliphatic carbocycles. The number of nitrogens with one attached hydrogen (secondary N) is 1. The first-order chi connectivity index (χ1) is 9.85. The molecule has 1 rings (SSSR count). The summed E-state index contributed by atoms with van der Waals surface area (Å²) >= 11 is 0. The van der Waals surface area contributed by atoms with Gasteiger partial charge in [0.25, 0.3) is 0 Å². The zero-order valence-electron chi connectivity index (χ0n) is 13.3. The van der Waals surface area contributed by atoms with Gasteiger partial charge in [-0.15, -0.1) is 0 Å². The summed E-state index contributed by atoms with van der Waals surface area (Å²) < 4.78 is 13.1. The van der Waals surface area contributed by atoms with E-state index in [0.717, 1.165) is 12.0 Å². The molecular weight excluding hydrogens is 269 g/mol. The zero-order chi connectivity index (χ0) is 16.0. The van der Waals surface area contributed by atoms with Crippen LogP contribution in [0.4, 0.5) is 4.39 Å². The molecule has 3 N–H and O–H groups in total. The van der Waals surface area contributed by atoms with Gasteiger partial charge in [0.15, 0.2) is 0 Å². The zero-order valence-corrected chi connectivity index (χ0v) is 13.3. The highest BCUT2D eigenvalue weighted by Gasteiger charge is 2.24. The van der Waals surface area contributed by atoms with Gasteiger partial charge in [0.2, 0.25) is 5.91 Å². The molecule has 0 saturated carbocycles. The van der Waals surface area contributed by atoms with Gasteiger partial charge in [-0.2, -0.15) is 0 Å². The largest absolute Gasteiger partial charge is 0.353 e. The van der Waals surface area contributed by atoms with Crippen molar-refractivity contribution in [1.29, 1.82) is 0 Å². The highest BCUT2D eigenvalue weighted by atomic mass is 19.1. The molecule has 5 heteroatoms. The Morgan fingerprint density at radius 2 is 1.90 bits per heavy atom. The summed E-state index contributed by atoms with van der Waals surface area (Å²) in [7, 11) is 1.86. The highest BCUT2D eigenvalue weighted by Crippen LogP contribution is 2.24. The second kappa shape index (κ2) is 8.10. The number of carbonyl (C=O) groups is 1. The maximum atomic E-state index is 13.1. The van der Waals surface area contributed by atoms with Crippen LogP contribution in [0.1, 0.15) is 38.8 Å². The fourth-order valence-corrected chi connectivity index (χ4v) is 2.40. The third kappa shape index (κ3) is 5.44. The van der Waals surface area contributed by atoms with Crippen LogP contribution in [0.3, 0.4) is 0 Å². The van der Waals surface area contributed by atoms with E-state index >= 15 is 0 Å². The van der Waals surface area contributed by atoms with Crippen molar-refractivity contribution in [1.82, 2.24) is 10.2 Å². The van der Waals surface area contributed by atoms with Crippen molar-refractivity contribution >= 4 is 5.91 Å². The lowest BCUT2D eigenvalue weighted by Gasteiger charge is -2.32. The number of hydrogen-bond donors (Lipinski definition) is 2. The van der Waals surface area contributed by atoms with Crippen molar-refractivity contribution in [2.24, 2.45) is 5.73 Å². The molecule has 0 aliphatic heterocycles. The molecule has 2 unspecified atom stereocenters. The van der Waals surface area contributed by atoms with Crippen molar-refractivity contribution in [3.8, 4) is 0 Å². The van der Waals surface area contributed by atoms with E-state index < -0.39 is 0 Å². The second-order valence-electron chi connectivity index (χ2n) is 5.71. The molecule has 0 bridgehead atoms. The van der Waals surface area contributed by atoms with Crippen molar-refractivity contribution in [2.45, 2.75) is 45.3 Å². The number of halogens is 1. The van der Waals surface area contributed by atoms with E-state index in [4.69, 9.17) is 5.73 Å². The van der Waals surface area contributed by atoms with E-state index in [1.807, 2.05) is 32.7 Å². The first-order valence-electron chi connectivity index (χ1n) is 7.35. The highest BCUT2D eigenvalue weighted by molar-refractivity contribution is 5.78. The van der Waals surface area contributed by atoms with Crippen molar-refractivity contribution < 1.29 is 9.18 Å². The number of benzene rings is 1. The number of likely N-dealkylation sites (N-methyl/N-ethyl adjacent to an activating group) is 1. The molecule has 1 aromatic carbocycles. The number of nitrogens with zero attached hydrogens (tertiary/aromatic N) is 1. The fourth-order valence-electron chi connectivity index (χ4n) is 2.40.